The Morgan fingerprint density at radius 2 is 2.06 bits per heavy atom. The van der Waals surface area contributed by atoms with E-state index >= 15 is 0 Å². The molecule has 0 amide bonds. The van der Waals surface area contributed by atoms with Crippen molar-refractivity contribution in [3.8, 4) is 0 Å². The summed E-state index contributed by atoms with van der Waals surface area (Å²) < 4.78 is 37.4. The fraction of sp³-hybridized carbons (Fsp3) is 0.462. The van der Waals surface area contributed by atoms with Gasteiger partial charge in [-0.1, -0.05) is 25.1 Å². The van der Waals surface area contributed by atoms with Gasteiger partial charge in [-0.25, -0.2) is 0 Å². The molecule has 18 heavy (non-hydrogen) atoms. The molecule has 100 valence electrons. The van der Waals surface area contributed by atoms with E-state index in [2.05, 4.69) is 0 Å². The Hall–Kier alpha value is -1.36. The summed E-state index contributed by atoms with van der Waals surface area (Å²) in [6, 6.07) is 4.87. The number of ketones is 1. The number of nitrogens with two attached hydrogens (primary N) is 1. The van der Waals surface area contributed by atoms with E-state index in [0.717, 1.165) is 12.1 Å². The van der Waals surface area contributed by atoms with Crippen LogP contribution < -0.4 is 5.73 Å². The third kappa shape index (κ3) is 4.14. The molecule has 1 aromatic rings. The van der Waals surface area contributed by atoms with E-state index in [-0.39, 0.29) is 18.1 Å². The third-order valence-corrected chi connectivity index (χ3v) is 2.78. The molecule has 0 radical (unpaired) electrons. The summed E-state index contributed by atoms with van der Waals surface area (Å²) in [5.41, 5.74) is 5.01. The quantitative estimate of drug-likeness (QED) is 0.883. The van der Waals surface area contributed by atoms with Crippen LogP contribution in [0.15, 0.2) is 24.3 Å². The number of Topliss-reactive ketones (excluding diaryl/α,β-unsaturated/α-hetero) is 1. The monoisotopic (exact) mass is 259 g/mol. The van der Waals surface area contributed by atoms with E-state index in [4.69, 9.17) is 5.73 Å². The highest BCUT2D eigenvalue weighted by Gasteiger charge is 2.30. The predicted octanol–water partition coefficient (Wildman–Crippen LogP) is 2.80. The van der Waals surface area contributed by atoms with E-state index in [1.807, 2.05) is 0 Å². The third-order valence-electron chi connectivity index (χ3n) is 2.78. The van der Waals surface area contributed by atoms with Crippen LogP contribution in [0.1, 0.15) is 24.5 Å². The minimum Gasteiger partial charge on any atom is -0.330 e. The number of hydrogen-bond donors (Lipinski definition) is 1. The molecule has 0 saturated carbocycles. The lowest BCUT2D eigenvalue weighted by Gasteiger charge is -2.11. The average Bonchev–Trinajstić information content (AvgIpc) is 2.28. The van der Waals surface area contributed by atoms with Crippen LogP contribution in [0.2, 0.25) is 0 Å². The zero-order valence-electron chi connectivity index (χ0n) is 10.1. The zero-order valence-corrected chi connectivity index (χ0v) is 10.1. The molecule has 1 aromatic carbocycles. The van der Waals surface area contributed by atoms with Crippen molar-refractivity contribution in [3.05, 3.63) is 35.4 Å². The Bertz CT molecular complexity index is 415. The summed E-state index contributed by atoms with van der Waals surface area (Å²) in [5.74, 6) is -0.302. The maximum atomic E-state index is 12.5. The molecule has 0 aliphatic carbocycles. The second kappa shape index (κ2) is 6.00. The standard InChI is InChI=1S/C13H16F3NO/c1-9(5-6-17)12(18)8-10-3-2-4-11(7-10)13(14,15)16/h2-4,7,9H,5-6,8,17H2,1H3. The molecule has 0 heterocycles. The van der Waals surface area contributed by atoms with E-state index in [0.29, 0.717) is 18.5 Å². The van der Waals surface area contributed by atoms with Crippen molar-refractivity contribution in [3.63, 3.8) is 0 Å². The lowest BCUT2D eigenvalue weighted by molar-refractivity contribution is -0.137. The molecule has 1 unspecified atom stereocenters. The van der Waals surface area contributed by atoms with Crippen LogP contribution >= 0.6 is 0 Å². The molecule has 1 rings (SSSR count). The summed E-state index contributed by atoms with van der Waals surface area (Å²) in [5, 5.41) is 0. The van der Waals surface area contributed by atoms with Gasteiger partial charge in [-0.2, -0.15) is 13.2 Å². The van der Waals surface area contributed by atoms with Crippen molar-refractivity contribution < 1.29 is 18.0 Å². The van der Waals surface area contributed by atoms with Gasteiger partial charge in [-0.05, 0) is 24.6 Å². The van der Waals surface area contributed by atoms with Crippen LogP contribution in [0.25, 0.3) is 0 Å². The van der Waals surface area contributed by atoms with Crippen LogP contribution in [0.5, 0.6) is 0 Å². The molecular weight excluding hydrogens is 243 g/mol. The van der Waals surface area contributed by atoms with Crippen molar-refractivity contribution >= 4 is 5.78 Å². The summed E-state index contributed by atoms with van der Waals surface area (Å²) >= 11 is 0. The van der Waals surface area contributed by atoms with E-state index < -0.39 is 11.7 Å². The Kier molecular flexibility index (Phi) is 4.90. The normalized spacial score (nSPS) is 13.4. The number of carbonyl (C=O) groups is 1. The molecule has 0 fully saturated rings. The number of hydrogen-bond acceptors (Lipinski definition) is 2. The highest BCUT2D eigenvalue weighted by Crippen LogP contribution is 2.29. The fourth-order valence-corrected chi connectivity index (χ4v) is 1.64. The highest BCUT2D eigenvalue weighted by atomic mass is 19.4. The Morgan fingerprint density at radius 1 is 1.39 bits per heavy atom. The fourth-order valence-electron chi connectivity index (χ4n) is 1.64. The van der Waals surface area contributed by atoms with E-state index in [1.54, 1.807) is 6.92 Å². The first-order valence-electron chi connectivity index (χ1n) is 5.73. The van der Waals surface area contributed by atoms with Gasteiger partial charge in [0.25, 0.3) is 0 Å². The second-order valence-corrected chi connectivity index (χ2v) is 4.32. The SMILES string of the molecule is CC(CCN)C(=O)Cc1cccc(C(F)(F)F)c1. The molecule has 0 saturated heterocycles. The van der Waals surface area contributed by atoms with Gasteiger partial charge in [0, 0.05) is 12.3 Å². The molecule has 0 bridgehead atoms. The van der Waals surface area contributed by atoms with Gasteiger partial charge in [-0.15, -0.1) is 0 Å². The van der Waals surface area contributed by atoms with Crippen molar-refractivity contribution in [1.29, 1.82) is 0 Å². The number of carbonyl (C=O) groups excluding carboxylic acids is 1. The number of rotatable bonds is 5. The van der Waals surface area contributed by atoms with Crippen LogP contribution in [-0.4, -0.2) is 12.3 Å². The number of halogens is 3. The summed E-state index contributed by atoms with van der Waals surface area (Å²) in [6.45, 7) is 2.14. The molecule has 2 nitrogen and oxygen atoms in total. The molecule has 0 spiro atoms. The van der Waals surface area contributed by atoms with Crippen LogP contribution in [-0.2, 0) is 17.4 Å². The van der Waals surface area contributed by atoms with Crippen molar-refractivity contribution in [2.45, 2.75) is 25.9 Å². The van der Waals surface area contributed by atoms with Gasteiger partial charge in [0.1, 0.15) is 5.78 Å². The highest BCUT2D eigenvalue weighted by molar-refractivity contribution is 5.82. The Morgan fingerprint density at radius 3 is 2.61 bits per heavy atom. The van der Waals surface area contributed by atoms with Gasteiger partial charge in [0.15, 0.2) is 0 Å². The minimum absolute atomic E-state index is 0.0189. The van der Waals surface area contributed by atoms with Gasteiger partial charge in [0.05, 0.1) is 5.56 Å². The second-order valence-electron chi connectivity index (χ2n) is 4.32. The molecule has 0 aromatic heterocycles. The minimum atomic E-state index is -4.37. The maximum absolute atomic E-state index is 12.5. The Balaban J connectivity index is 2.77. The first-order valence-corrected chi connectivity index (χ1v) is 5.73. The maximum Gasteiger partial charge on any atom is 0.416 e. The first-order chi connectivity index (χ1) is 8.34. The predicted molar refractivity (Wildman–Crippen MR) is 63.0 cm³/mol. The number of benzene rings is 1. The molecule has 1 atom stereocenters. The van der Waals surface area contributed by atoms with Crippen LogP contribution in [0.3, 0.4) is 0 Å². The Labute approximate surface area is 104 Å². The summed E-state index contributed by atoms with van der Waals surface area (Å²) in [7, 11) is 0. The molecule has 2 N–H and O–H groups in total. The van der Waals surface area contributed by atoms with Crippen LogP contribution in [0, 0.1) is 5.92 Å². The molecule has 0 aliphatic heterocycles. The molecule has 5 heteroatoms. The van der Waals surface area contributed by atoms with Gasteiger partial charge in [0.2, 0.25) is 0 Å². The smallest absolute Gasteiger partial charge is 0.330 e. The first kappa shape index (κ1) is 14.7. The lowest BCUT2D eigenvalue weighted by Crippen LogP contribution is -2.17. The summed E-state index contributed by atoms with van der Waals surface area (Å²) in [4.78, 5) is 11.7. The zero-order chi connectivity index (χ0) is 13.8. The van der Waals surface area contributed by atoms with Crippen molar-refractivity contribution in [2.75, 3.05) is 6.54 Å². The van der Waals surface area contributed by atoms with Crippen molar-refractivity contribution in [1.82, 2.24) is 0 Å². The van der Waals surface area contributed by atoms with Crippen LogP contribution in [0.4, 0.5) is 13.2 Å². The van der Waals surface area contributed by atoms with E-state index in [1.165, 1.54) is 12.1 Å². The van der Waals surface area contributed by atoms with Gasteiger partial charge < -0.3 is 5.73 Å². The lowest BCUT2D eigenvalue weighted by atomic mass is 9.96. The molecular formula is C13H16F3NO. The van der Waals surface area contributed by atoms with Crippen molar-refractivity contribution in [2.24, 2.45) is 11.7 Å². The van der Waals surface area contributed by atoms with Gasteiger partial charge in [-0.3, -0.25) is 4.79 Å². The van der Waals surface area contributed by atoms with Gasteiger partial charge >= 0.3 is 6.18 Å². The molecule has 0 aliphatic rings. The van der Waals surface area contributed by atoms with E-state index in [9.17, 15) is 18.0 Å². The topological polar surface area (TPSA) is 43.1 Å². The summed E-state index contributed by atoms with van der Waals surface area (Å²) in [6.07, 6.45) is -3.80. The average molecular weight is 259 g/mol. The number of alkyl halides is 3. The largest absolute Gasteiger partial charge is 0.416 e.